The van der Waals surface area contributed by atoms with Gasteiger partial charge in [-0.15, -0.1) is 0 Å². The van der Waals surface area contributed by atoms with Crippen LogP contribution in [0.4, 0.5) is 13.2 Å². The molecule has 2 heterocycles. The molecule has 2 aromatic rings. The van der Waals surface area contributed by atoms with E-state index in [0.717, 1.165) is 24.9 Å². The molecular weight excluding hydrogens is 393 g/mol. The summed E-state index contributed by atoms with van der Waals surface area (Å²) in [4.78, 5) is 0. The molecule has 0 amide bonds. The molecule has 4 nitrogen and oxygen atoms in total. The molecule has 2 aliphatic rings. The highest BCUT2D eigenvalue weighted by molar-refractivity contribution is 5.45. The van der Waals surface area contributed by atoms with E-state index in [1.165, 1.54) is 12.1 Å². The maximum absolute atomic E-state index is 12.7. The highest BCUT2D eigenvalue weighted by atomic mass is 19.4. The van der Waals surface area contributed by atoms with Crippen molar-refractivity contribution in [3.63, 3.8) is 0 Å². The van der Waals surface area contributed by atoms with E-state index in [4.69, 9.17) is 9.47 Å². The van der Waals surface area contributed by atoms with Gasteiger partial charge in [-0.1, -0.05) is 30.3 Å². The number of benzene rings is 2. The summed E-state index contributed by atoms with van der Waals surface area (Å²) in [5.74, 6) is 0.0182. The van der Waals surface area contributed by atoms with Crippen LogP contribution in [0.5, 0.6) is 5.75 Å². The molecule has 0 aliphatic carbocycles. The number of alkyl halides is 3. The smallest absolute Gasteiger partial charge is 0.422 e. The van der Waals surface area contributed by atoms with Crippen molar-refractivity contribution in [2.75, 3.05) is 19.8 Å². The summed E-state index contributed by atoms with van der Waals surface area (Å²) in [6, 6.07) is 16.7. The number of halogens is 3. The van der Waals surface area contributed by atoms with E-state index in [1.807, 2.05) is 18.2 Å². The second-order valence-electron chi connectivity index (χ2n) is 7.95. The number of hydrogen-bond donors (Lipinski definition) is 1. The summed E-state index contributed by atoms with van der Waals surface area (Å²) in [5, 5.41) is 12.8. The topological polar surface area (TPSA) is 54.3 Å². The maximum Gasteiger partial charge on any atom is 0.422 e. The summed E-state index contributed by atoms with van der Waals surface area (Å²) in [7, 11) is 0. The lowest BCUT2D eigenvalue weighted by Crippen LogP contribution is -2.48. The predicted octanol–water partition coefficient (Wildman–Crippen LogP) is 4.87. The zero-order chi connectivity index (χ0) is 21.2. The number of rotatable bonds is 4. The molecule has 1 spiro atoms. The van der Waals surface area contributed by atoms with Gasteiger partial charge in [0, 0.05) is 11.5 Å². The van der Waals surface area contributed by atoms with Crippen molar-refractivity contribution < 1.29 is 22.6 Å². The second-order valence-corrected chi connectivity index (χ2v) is 7.95. The van der Waals surface area contributed by atoms with Gasteiger partial charge in [-0.05, 0) is 49.6 Å². The van der Waals surface area contributed by atoms with E-state index in [1.54, 1.807) is 6.07 Å². The van der Waals surface area contributed by atoms with E-state index < -0.39 is 18.4 Å². The Labute approximate surface area is 173 Å². The van der Waals surface area contributed by atoms with Crippen LogP contribution in [0.25, 0.3) is 0 Å². The standard InChI is InChI=1S/C23H23F3N2O2/c24-23(25,26)15-29-20-8-7-16(13-27)11-19(20)18-12-22(30-14-18)9-4-10-28-21(22)17-5-2-1-3-6-17/h1-3,5-8,11,18,21,28H,4,9-10,12,14-15H2/t18-,21+,22-/m1/s1. The van der Waals surface area contributed by atoms with Gasteiger partial charge in [-0.3, -0.25) is 0 Å². The van der Waals surface area contributed by atoms with Gasteiger partial charge in [0.2, 0.25) is 0 Å². The average Bonchev–Trinajstić information content (AvgIpc) is 3.16. The first-order valence-electron chi connectivity index (χ1n) is 10.1. The molecule has 0 bridgehead atoms. The van der Waals surface area contributed by atoms with Crippen LogP contribution in [0.3, 0.4) is 0 Å². The maximum atomic E-state index is 12.7. The zero-order valence-electron chi connectivity index (χ0n) is 16.4. The van der Waals surface area contributed by atoms with E-state index in [2.05, 4.69) is 23.5 Å². The molecular formula is C23H23F3N2O2. The van der Waals surface area contributed by atoms with Crippen LogP contribution in [-0.2, 0) is 4.74 Å². The number of hydrogen-bond acceptors (Lipinski definition) is 4. The van der Waals surface area contributed by atoms with Crippen molar-refractivity contribution in [1.82, 2.24) is 5.32 Å². The van der Waals surface area contributed by atoms with Crippen molar-refractivity contribution in [1.29, 1.82) is 5.26 Å². The van der Waals surface area contributed by atoms with Gasteiger partial charge < -0.3 is 14.8 Å². The first-order chi connectivity index (χ1) is 14.4. The SMILES string of the molecule is N#Cc1ccc(OCC(F)(F)F)c([C@H]2CO[C@]3(CCCN[C@H]3c3ccccc3)C2)c1. The summed E-state index contributed by atoms with van der Waals surface area (Å²) < 4.78 is 49.6. The Morgan fingerprint density at radius 3 is 2.73 bits per heavy atom. The Morgan fingerprint density at radius 1 is 1.20 bits per heavy atom. The monoisotopic (exact) mass is 416 g/mol. The Hall–Kier alpha value is -2.56. The van der Waals surface area contributed by atoms with Gasteiger partial charge in [0.15, 0.2) is 6.61 Å². The van der Waals surface area contributed by atoms with Crippen molar-refractivity contribution in [2.24, 2.45) is 0 Å². The minimum Gasteiger partial charge on any atom is -0.484 e. The minimum absolute atomic E-state index is 0.0103. The molecule has 7 heteroatoms. The second kappa shape index (κ2) is 8.29. The number of nitrogens with one attached hydrogen (secondary N) is 1. The molecule has 0 aromatic heterocycles. The normalized spacial score (nSPS) is 26.5. The highest BCUT2D eigenvalue weighted by Crippen LogP contribution is 2.49. The molecule has 0 radical (unpaired) electrons. The molecule has 0 unspecified atom stereocenters. The number of ether oxygens (including phenoxy) is 2. The summed E-state index contributed by atoms with van der Waals surface area (Å²) in [6.45, 7) is -0.0969. The van der Waals surface area contributed by atoms with Crippen LogP contribution >= 0.6 is 0 Å². The Balaban J connectivity index is 1.62. The largest absolute Gasteiger partial charge is 0.484 e. The van der Waals surface area contributed by atoms with Crippen LogP contribution in [0.2, 0.25) is 0 Å². The van der Waals surface area contributed by atoms with Crippen molar-refractivity contribution in [2.45, 2.75) is 43.0 Å². The van der Waals surface area contributed by atoms with Crippen molar-refractivity contribution >= 4 is 0 Å². The third kappa shape index (κ3) is 4.30. The highest BCUT2D eigenvalue weighted by Gasteiger charge is 2.49. The van der Waals surface area contributed by atoms with E-state index in [9.17, 15) is 18.4 Å². The molecule has 158 valence electrons. The van der Waals surface area contributed by atoms with Gasteiger partial charge in [0.25, 0.3) is 0 Å². The summed E-state index contributed by atoms with van der Waals surface area (Å²) in [5.41, 5.74) is 1.70. The molecule has 2 saturated heterocycles. The molecule has 2 fully saturated rings. The van der Waals surface area contributed by atoms with Gasteiger partial charge in [0.1, 0.15) is 5.75 Å². The zero-order valence-corrected chi connectivity index (χ0v) is 16.4. The Kier molecular flexibility index (Phi) is 5.72. The summed E-state index contributed by atoms with van der Waals surface area (Å²) >= 11 is 0. The predicted molar refractivity (Wildman–Crippen MR) is 105 cm³/mol. The van der Waals surface area contributed by atoms with Crippen LogP contribution < -0.4 is 10.1 Å². The van der Waals surface area contributed by atoms with E-state index in [0.29, 0.717) is 24.2 Å². The number of nitriles is 1. The first kappa shape index (κ1) is 20.7. The molecule has 2 aliphatic heterocycles. The number of nitrogens with zero attached hydrogens (tertiary/aromatic N) is 1. The third-order valence-corrected chi connectivity index (χ3v) is 5.92. The first-order valence-corrected chi connectivity index (χ1v) is 10.1. The van der Waals surface area contributed by atoms with Crippen molar-refractivity contribution in [3.8, 4) is 11.8 Å². The minimum atomic E-state index is -4.43. The van der Waals surface area contributed by atoms with Gasteiger partial charge in [0.05, 0.1) is 29.9 Å². The Bertz CT molecular complexity index is 926. The molecule has 30 heavy (non-hydrogen) atoms. The quantitative estimate of drug-likeness (QED) is 0.773. The van der Waals surface area contributed by atoms with Crippen LogP contribution in [0.15, 0.2) is 48.5 Å². The lowest BCUT2D eigenvalue weighted by atomic mass is 9.76. The van der Waals surface area contributed by atoms with E-state index >= 15 is 0 Å². The fourth-order valence-corrected chi connectivity index (χ4v) is 4.64. The average molecular weight is 416 g/mol. The molecule has 3 atom stereocenters. The molecule has 4 rings (SSSR count). The van der Waals surface area contributed by atoms with E-state index in [-0.39, 0.29) is 17.7 Å². The lowest BCUT2D eigenvalue weighted by molar-refractivity contribution is -0.153. The Morgan fingerprint density at radius 2 is 2.00 bits per heavy atom. The van der Waals surface area contributed by atoms with Crippen molar-refractivity contribution in [3.05, 3.63) is 65.2 Å². The molecule has 2 aromatic carbocycles. The van der Waals surface area contributed by atoms with Crippen LogP contribution in [0.1, 0.15) is 47.9 Å². The van der Waals surface area contributed by atoms with Gasteiger partial charge >= 0.3 is 6.18 Å². The van der Waals surface area contributed by atoms with Gasteiger partial charge in [-0.25, -0.2) is 0 Å². The fraction of sp³-hybridized carbons (Fsp3) is 0.435. The van der Waals surface area contributed by atoms with Gasteiger partial charge in [-0.2, -0.15) is 18.4 Å². The molecule has 0 saturated carbocycles. The fourth-order valence-electron chi connectivity index (χ4n) is 4.64. The van der Waals surface area contributed by atoms with Crippen LogP contribution in [-0.4, -0.2) is 31.5 Å². The van der Waals surface area contributed by atoms with Crippen LogP contribution in [0, 0.1) is 11.3 Å². The summed E-state index contributed by atoms with van der Waals surface area (Å²) in [6.07, 6.45) is -1.94. The number of piperidine rings is 1. The molecule has 1 N–H and O–H groups in total. The third-order valence-electron chi connectivity index (χ3n) is 5.92. The lowest BCUT2D eigenvalue weighted by Gasteiger charge is -2.41.